The number of carboxylic acids is 1. The largest absolute Gasteiger partial charge is 0.488 e. The molecule has 286 valence electrons. The number of halogens is 3. The van der Waals surface area contributed by atoms with Crippen LogP contribution in [0, 0.1) is 24.4 Å². The number of benzene rings is 3. The highest BCUT2D eigenvalue weighted by atomic mass is 19.2. The number of hydrogen-bond acceptors (Lipinski definition) is 7. The number of carboxylic acid groups (broad SMARTS) is 1. The van der Waals surface area contributed by atoms with Crippen LogP contribution in [0.4, 0.5) is 13.2 Å². The Morgan fingerprint density at radius 1 is 0.981 bits per heavy atom. The number of hydrogen-bond donors (Lipinski definition) is 2. The summed E-state index contributed by atoms with van der Waals surface area (Å²) in [4.78, 5) is 54.2. The zero-order chi connectivity index (χ0) is 38.4. The quantitative estimate of drug-likeness (QED) is 0.107. The van der Waals surface area contributed by atoms with Crippen LogP contribution in [0.3, 0.4) is 0 Å². The molecule has 1 saturated carbocycles. The second kappa shape index (κ2) is 17.3. The molecule has 2 heterocycles. The number of carbonyl (C=O) groups excluding carboxylic acids is 3. The second-order valence-electron chi connectivity index (χ2n) is 14.2. The van der Waals surface area contributed by atoms with Crippen LogP contribution in [0.5, 0.6) is 5.75 Å². The number of aliphatic carboxylic acids is 1. The van der Waals surface area contributed by atoms with E-state index in [1.807, 2.05) is 41.3 Å². The van der Waals surface area contributed by atoms with Crippen molar-refractivity contribution in [1.82, 2.24) is 15.1 Å². The molecule has 1 aliphatic carbocycles. The van der Waals surface area contributed by atoms with Crippen LogP contribution >= 0.6 is 0 Å². The third-order valence-corrected chi connectivity index (χ3v) is 10.3. The smallest absolute Gasteiger partial charge is 0.307 e. The summed E-state index contributed by atoms with van der Waals surface area (Å²) in [5.74, 6) is -5.88. The van der Waals surface area contributed by atoms with Crippen molar-refractivity contribution < 1.29 is 46.9 Å². The van der Waals surface area contributed by atoms with E-state index in [9.17, 15) is 37.5 Å². The minimum Gasteiger partial charge on any atom is -0.488 e. The molecule has 3 aliphatic rings. The number of nitrogens with zero attached hydrogens (tertiary/aromatic N) is 2. The fourth-order valence-electron chi connectivity index (χ4n) is 7.42. The van der Waals surface area contributed by atoms with Gasteiger partial charge in [0.05, 0.1) is 25.5 Å². The van der Waals surface area contributed by atoms with Crippen LogP contribution in [-0.4, -0.2) is 89.6 Å². The minimum atomic E-state index is -1.36. The standard InChI is InChI=1S/C41H44F3N3O7/c1-25-5-2-3-7-27(25)16-17-47(30-12-13-30)41(52)38-32(19-29-22-46(23-35(38)45-29)36(49)20-31(54-24-48)21-37(50)51)28-10-8-26(9-11-28)6-4-18-53-40-34(43)15-14-33(42)39(40)44/h2-3,5,7-11,14-15,24,29-31,35,45H,4,6,12-13,16-23H2,1H3,(H,50,51)/t29-,31+,35-/m1/s1. The lowest BCUT2D eigenvalue weighted by Gasteiger charge is -2.45. The zero-order valence-corrected chi connectivity index (χ0v) is 30.1. The molecule has 6 rings (SSSR count). The van der Waals surface area contributed by atoms with Gasteiger partial charge in [-0.05, 0) is 85.4 Å². The van der Waals surface area contributed by atoms with E-state index in [1.54, 1.807) is 4.90 Å². The zero-order valence-electron chi connectivity index (χ0n) is 30.1. The molecule has 3 aromatic rings. The Balaban J connectivity index is 1.22. The van der Waals surface area contributed by atoms with Crippen molar-refractivity contribution in [3.05, 3.63) is 106 Å². The topological polar surface area (TPSA) is 125 Å². The molecule has 0 unspecified atom stereocenters. The molecule has 1 saturated heterocycles. The first-order valence-electron chi connectivity index (χ1n) is 18.3. The number of rotatable bonds is 17. The van der Waals surface area contributed by atoms with E-state index in [0.717, 1.165) is 41.2 Å². The number of amides is 2. The van der Waals surface area contributed by atoms with Crippen LogP contribution < -0.4 is 10.1 Å². The van der Waals surface area contributed by atoms with Gasteiger partial charge in [0.25, 0.3) is 12.4 Å². The highest BCUT2D eigenvalue weighted by molar-refractivity contribution is 6.03. The van der Waals surface area contributed by atoms with Crippen molar-refractivity contribution in [3.8, 4) is 5.75 Å². The molecule has 2 aliphatic heterocycles. The number of nitrogens with one attached hydrogen (secondary N) is 1. The number of piperazine rings is 1. The van der Waals surface area contributed by atoms with Crippen molar-refractivity contribution in [3.63, 3.8) is 0 Å². The van der Waals surface area contributed by atoms with E-state index < -0.39 is 47.7 Å². The maximum absolute atomic E-state index is 14.8. The maximum Gasteiger partial charge on any atom is 0.307 e. The molecule has 10 nitrogen and oxygen atoms in total. The first-order chi connectivity index (χ1) is 26.0. The van der Waals surface area contributed by atoms with Crippen LogP contribution in [0.1, 0.15) is 60.8 Å². The molecule has 3 aromatic carbocycles. The summed E-state index contributed by atoms with van der Waals surface area (Å²) in [5.41, 5.74) is 5.61. The predicted molar refractivity (Wildman–Crippen MR) is 193 cm³/mol. The molecule has 2 bridgehead atoms. The van der Waals surface area contributed by atoms with Gasteiger partial charge < -0.3 is 29.7 Å². The number of fused-ring (bicyclic) bond motifs is 2. The molecule has 0 aromatic heterocycles. The Labute approximate surface area is 311 Å². The average Bonchev–Trinajstić information content (AvgIpc) is 3.99. The Hall–Kier alpha value is -5.17. The highest BCUT2D eigenvalue weighted by Crippen LogP contribution is 2.37. The van der Waals surface area contributed by atoms with Crippen LogP contribution in [0.2, 0.25) is 0 Å². The van der Waals surface area contributed by atoms with Gasteiger partial charge in [-0.2, -0.15) is 4.39 Å². The summed E-state index contributed by atoms with van der Waals surface area (Å²) in [5, 5.41) is 12.8. The van der Waals surface area contributed by atoms with Gasteiger partial charge in [-0.1, -0.05) is 48.5 Å². The van der Waals surface area contributed by atoms with E-state index >= 15 is 0 Å². The van der Waals surface area contributed by atoms with Gasteiger partial charge in [-0.25, -0.2) is 8.78 Å². The number of carbonyl (C=O) groups is 4. The van der Waals surface area contributed by atoms with E-state index in [4.69, 9.17) is 9.47 Å². The van der Waals surface area contributed by atoms with Gasteiger partial charge in [-0.3, -0.25) is 19.2 Å². The third kappa shape index (κ3) is 9.30. The number of aryl methyl sites for hydroxylation is 2. The van der Waals surface area contributed by atoms with E-state index in [-0.39, 0.29) is 49.9 Å². The number of ether oxygens (including phenoxy) is 2. The fourth-order valence-corrected chi connectivity index (χ4v) is 7.42. The molecule has 3 atom stereocenters. The fraction of sp³-hybridized carbons (Fsp3) is 0.415. The molecular weight excluding hydrogens is 703 g/mol. The van der Waals surface area contributed by atoms with E-state index in [1.165, 1.54) is 5.56 Å². The van der Waals surface area contributed by atoms with E-state index in [0.29, 0.717) is 50.4 Å². The van der Waals surface area contributed by atoms with Crippen LogP contribution in [0.25, 0.3) is 5.57 Å². The van der Waals surface area contributed by atoms with Gasteiger partial charge in [0.15, 0.2) is 17.4 Å². The normalized spacial score (nSPS) is 18.6. The monoisotopic (exact) mass is 747 g/mol. The Bertz CT molecular complexity index is 1900. The molecule has 2 N–H and O–H groups in total. The van der Waals surface area contributed by atoms with Crippen molar-refractivity contribution >= 4 is 29.8 Å². The lowest BCUT2D eigenvalue weighted by Crippen LogP contribution is -2.62. The van der Waals surface area contributed by atoms with Gasteiger partial charge in [0.1, 0.15) is 6.10 Å². The van der Waals surface area contributed by atoms with Crippen molar-refractivity contribution in [2.24, 2.45) is 0 Å². The summed E-state index contributed by atoms with van der Waals surface area (Å²) >= 11 is 0. The van der Waals surface area contributed by atoms with Crippen molar-refractivity contribution in [1.29, 1.82) is 0 Å². The lowest BCUT2D eigenvalue weighted by molar-refractivity contribution is -0.147. The Morgan fingerprint density at radius 2 is 1.72 bits per heavy atom. The molecule has 2 fully saturated rings. The van der Waals surface area contributed by atoms with Crippen molar-refractivity contribution in [2.75, 3.05) is 26.2 Å². The Kier molecular flexibility index (Phi) is 12.4. The maximum atomic E-state index is 14.8. The summed E-state index contributed by atoms with van der Waals surface area (Å²) in [6.45, 7) is 3.23. The Morgan fingerprint density at radius 3 is 2.43 bits per heavy atom. The van der Waals surface area contributed by atoms with Gasteiger partial charge >= 0.3 is 5.97 Å². The molecule has 54 heavy (non-hydrogen) atoms. The summed E-state index contributed by atoms with van der Waals surface area (Å²) in [7, 11) is 0. The lowest BCUT2D eigenvalue weighted by atomic mass is 9.82. The predicted octanol–water partition coefficient (Wildman–Crippen LogP) is 5.39. The first kappa shape index (κ1) is 38.6. The van der Waals surface area contributed by atoms with Crippen LogP contribution in [0.15, 0.2) is 66.2 Å². The summed E-state index contributed by atoms with van der Waals surface area (Å²) < 4.78 is 51.6. The molecule has 13 heteroatoms. The van der Waals surface area contributed by atoms with Gasteiger partial charge in [0, 0.05) is 37.3 Å². The summed E-state index contributed by atoms with van der Waals surface area (Å²) in [6, 6.07) is 16.9. The average molecular weight is 748 g/mol. The van der Waals surface area contributed by atoms with E-state index in [2.05, 4.69) is 24.4 Å². The minimum absolute atomic E-state index is 0.0229. The van der Waals surface area contributed by atoms with Crippen LogP contribution in [-0.2, 0) is 36.8 Å². The molecule has 0 spiro atoms. The second-order valence-corrected chi connectivity index (χ2v) is 14.2. The third-order valence-electron chi connectivity index (χ3n) is 10.3. The van der Waals surface area contributed by atoms with Gasteiger partial charge in [-0.15, -0.1) is 0 Å². The molecular formula is C41H44F3N3O7. The molecule has 0 radical (unpaired) electrons. The molecule has 2 amide bonds. The van der Waals surface area contributed by atoms with Gasteiger partial charge in [0.2, 0.25) is 11.7 Å². The van der Waals surface area contributed by atoms with Crippen molar-refractivity contribution in [2.45, 2.75) is 82.5 Å². The SMILES string of the molecule is Cc1ccccc1CCN(C(=O)C1=C(c2ccc(CCCOc3c(F)ccc(F)c3F)cc2)C[C@@H]2CN(C(=O)C[C@@H](CC(=O)O)OC=O)C[C@H]1N2)C1CC1. The first-order valence-corrected chi connectivity index (χ1v) is 18.3. The highest BCUT2D eigenvalue weighted by Gasteiger charge is 2.43. The summed E-state index contributed by atoms with van der Waals surface area (Å²) in [6.07, 6.45) is 2.03.